The molecule has 0 unspecified atom stereocenters. The fourth-order valence-corrected chi connectivity index (χ4v) is 2.23. The van der Waals surface area contributed by atoms with Crippen molar-refractivity contribution in [2.45, 2.75) is 13.0 Å². The third kappa shape index (κ3) is 4.68. The molecule has 2 aromatic rings. The Morgan fingerprint density at radius 1 is 1.16 bits per heavy atom. The molecule has 0 heterocycles. The molecular formula is C16H12Cl2N2O5. The standard InChI is InChI=1S/C16H12Cl2N2O5/c1-9(15(21)19-13-5-3-2-4-11(13)17)25-16(22)10-6-7-12(18)14(8-10)20(23)24/h2-9H,1H3,(H,19,21)/t9-/m0/s1. The second-order valence-corrected chi connectivity index (χ2v) is 5.75. The molecule has 0 aliphatic rings. The Kier molecular flexibility index (Phi) is 5.95. The third-order valence-electron chi connectivity index (χ3n) is 3.16. The van der Waals surface area contributed by atoms with Crippen LogP contribution in [0, 0.1) is 10.1 Å². The summed E-state index contributed by atoms with van der Waals surface area (Å²) in [5, 5.41) is 13.6. The number of hydrogen-bond donors (Lipinski definition) is 1. The number of benzene rings is 2. The Morgan fingerprint density at radius 2 is 1.84 bits per heavy atom. The van der Waals surface area contributed by atoms with Crippen LogP contribution in [0.3, 0.4) is 0 Å². The molecule has 25 heavy (non-hydrogen) atoms. The van der Waals surface area contributed by atoms with Crippen LogP contribution >= 0.6 is 23.2 Å². The van der Waals surface area contributed by atoms with E-state index < -0.39 is 28.6 Å². The molecule has 0 aliphatic heterocycles. The number of carbonyl (C=O) groups excluding carboxylic acids is 2. The molecule has 1 amide bonds. The van der Waals surface area contributed by atoms with E-state index in [4.69, 9.17) is 27.9 Å². The monoisotopic (exact) mass is 382 g/mol. The van der Waals surface area contributed by atoms with Crippen molar-refractivity contribution in [3.05, 3.63) is 68.2 Å². The second kappa shape index (κ2) is 7.96. The topological polar surface area (TPSA) is 98.5 Å². The van der Waals surface area contributed by atoms with E-state index in [1.165, 1.54) is 19.1 Å². The molecule has 0 bridgehead atoms. The van der Waals surface area contributed by atoms with Gasteiger partial charge in [-0.3, -0.25) is 14.9 Å². The van der Waals surface area contributed by atoms with Crippen LogP contribution in [-0.4, -0.2) is 22.9 Å². The average Bonchev–Trinajstić information content (AvgIpc) is 2.56. The first-order chi connectivity index (χ1) is 11.8. The van der Waals surface area contributed by atoms with E-state index in [1.807, 2.05) is 0 Å². The predicted molar refractivity (Wildman–Crippen MR) is 93.1 cm³/mol. The highest BCUT2D eigenvalue weighted by atomic mass is 35.5. The summed E-state index contributed by atoms with van der Waals surface area (Å²) in [6, 6.07) is 10.1. The highest BCUT2D eigenvalue weighted by Crippen LogP contribution is 2.25. The zero-order valence-electron chi connectivity index (χ0n) is 12.9. The number of esters is 1. The van der Waals surface area contributed by atoms with Crippen LogP contribution in [0.25, 0.3) is 0 Å². The molecule has 0 aromatic heterocycles. The van der Waals surface area contributed by atoms with Gasteiger partial charge in [-0.2, -0.15) is 0 Å². The van der Waals surface area contributed by atoms with E-state index in [9.17, 15) is 19.7 Å². The van der Waals surface area contributed by atoms with Crippen molar-refractivity contribution in [2.75, 3.05) is 5.32 Å². The van der Waals surface area contributed by atoms with Gasteiger partial charge >= 0.3 is 5.97 Å². The molecule has 0 fully saturated rings. The molecule has 1 N–H and O–H groups in total. The minimum atomic E-state index is -1.14. The summed E-state index contributed by atoms with van der Waals surface area (Å²) >= 11 is 11.6. The maximum Gasteiger partial charge on any atom is 0.339 e. The van der Waals surface area contributed by atoms with Gasteiger partial charge < -0.3 is 10.1 Å². The number of nitro groups is 1. The first kappa shape index (κ1) is 18.7. The Bertz CT molecular complexity index is 841. The molecule has 7 nitrogen and oxygen atoms in total. The number of anilines is 1. The van der Waals surface area contributed by atoms with Gasteiger partial charge in [0.2, 0.25) is 0 Å². The molecule has 9 heteroatoms. The first-order valence-corrected chi connectivity index (χ1v) is 7.75. The number of amides is 1. The van der Waals surface area contributed by atoms with E-state index in [1.54, 1.807) is 24.3 Å². The first-order valence-electron chi connectivity index (χ1n) is 7.00. The number of hydrogen-bond acceptors (Lipinski definition) is 5. The zero-order valence-corrected chi connectivity index (χ0v) is 14.4. The van der Waals surface area contributed by atoms with Crippen LogP contribution in [0.5, 0.6) is 0 Å². The van der Waals surface area contributed by atoms with Crippen molar-refractivity contribution in [1.82, 2.24) is 0 Å². The van der Waals surface area contributed by atoms with Gasteiger partial charge in [0.1, 0.15) is 5.02 Å². The smallest absolute Gasteiger partial charge is 0.339 e. The quantitative estimate of drug-likeness (QED) is 0.477. The van der Waals surface area contributed by atoms with Crippen molar-refractivity contribution in [3.8, 4) is 0 Å². The van der Waals surface area contributed by atoms with E-state index >= 15 is 0 Å². The van der Waals surface area contributed by atoms with Crippen LogP contribution < -0.4 is 5.32 Å². The lowest BCUT2D eigenvalue weighted by molar-refractivity contribution is -0.384. The van der Waals surface area contributed by atoms with Crippen LogP contribution in [0.4, 0.5) is 11.4 Å². The van der Waals surface area contributed by atoms with Gasteiger partial charge in [-0.1, -0.05) is 35.3 Å². The Labute approximate surface area is 152 Å². The van der Waals surface area contributed by atoms with E-state index in [0.29, 0.717) is 10.7 Å². The number of halogens is 2. The average molecular weight is 383 g/mol. The second-order valence-electron chi connectivity index (χ2n) is 4.94. The summed E-state index contributed by atoms with van der Waals surface area (Å²) < 4.78 is 5.03. The normalized spacial score (nSPS) is 11.5. The largest absolute Gasteiger partial charge is 0.449 e. The van der Waals surface area contributed by atoms with Gasteiger partial charge in [0.25, 0.3) is 11.6 Å². The van der Waals surface area contributed by atoms with Crippen LogP contribution in [0.1, 0.15) is 17.3 Å². The van der Waals surface area contributed by atoms with Gasteiger partial charge in [-0.05, 0) is 31.2 Å². The summed E-state index contributed by atoms with van der Waals surface area (Å²) in [7, 11) is 0. The van der Waals surface area contributed by atoms with E-state index in [2.05, 4.69) is 5.32 Å². The summed E-state index contributed by atoms with van der Waals surface area (Å²) in [5.74, 6) is -1.48. The van der Waals surface area contributed by atoms with Crippen molar-refractivity contribution < 1.29 is 19.2 Å². The molecule has 2 aromatic carbocycles. The molecule has 0 aliphatic carbocycles. The van der Waals surface area contributed by atoms with Crippen molar-refractivity contribution >= 4 is 46.5 Å². The van der Waals surface area contributed by atoms with Crippen molar-refractivity contribution in [3.63, 3.8) is 0 Å². The number of para-hydroxylation sites is 1. The van der Waals surface area contributed by atoms with Gasteiger partial charge in [-0.25, -0.2) is 4.79 Å². The fraction of sp³-hybridized carbons (Fsp3) is 0.125. The van der Waals surface area contributed by atoms with Gasteiger partial charge in [0, 0.05) is 6.07 Å². The highest BCUT2D eigenvalue weighted by Gasteiger charge is 2.22. The van der Waals surface area contributed by atoms with Gasteiger partial charge in [-0.15, -0.1) is 0 Å². The van der Waals surface area contributed by atoms with Crippen molar-refractivity contribution in [2.24, 2.45) is 0 Å². The minimum Gasteiger partial charge on any atom is -0.449 e. The number of nitrogens with zero attached hydrogens (tertiary/aromatic N) is 1. The van der Waals surface area contributed by atoms with Crippen LogP contribution in [0.2, 0.25) is 10.0 Å². The van der Waals surface area contributed by atoms with E-state index in [-0.39, 0.29) is 10.6 Å². The summed E-state index contributed by atoms with van der Waals surface area (Å²) in [5.41, 5.74) is -0.142. The third-order valence-corrected chi connectivity index (χ3v) is 3.81. The molecule has 2 rings (SSSR count). The minimum absolute atomic E-state index is 0.0894. The molecule has 1 atom stereocenters. The summed E-state index contributed by atoms with van der Waals surface area (Å²) in [6.45, 7) is 1.37. The molecular weight excluding hydrogens is 371 g/mol. The fourth-order valence-electron chi connectivity index (χ4n) is 1.86. The number of nitro benzene ring substituents is 1. The predicted octanol–water partition coefficient (Wildman–Crippen LogP) is 4.09. The lowest BCUT2D eigenvalue weighted by Gasteiger charge is -2.14. The molecule has 0 spiro atoms. The Hall–Kier alpha value is -2.64. The van der Waals surface area contributed by atoms with Gasteiger partial charge in [0.15, 0.2) is 6.10 Å². The zero-order chi connectivity index (χ0) is 18.6. The molecule has 0 radical (unpaired) electrons. The Balaban J connectivity index is 2.07. The lowest BCUT2D eigenvalue weighted by atomic mass is 10.2. The highest BCUT2D eigenvalue weighted by molar-refractivity contribution is 6.33. The number of ether oxygens (including phenoxy) is 1. The van der Waals surface area contributed by atoms with Crippen LogP contribution in [-0.2, 0) is 9.53 Å². The number of nitrogens with one attached hydrogen (secondary N) is 1. The molecule has 130 valence electrons. The van der Waals surface area contributed by atoms with Crippen molar-refractivity contribution in [1.29, 1.82) is 0 Å². The number of carbonyl (C=O) groups is 2. The maximum atomic E-state index is 12.1. The SMILES string of the molecule is C[C@H](OC(=O)c1ccc(Cl)c([N+](=O)[O-])c1)C(=O)Nc1ccccc1Cl. The molecule has 0 saturated carbocycles. The van der Waals surface area contributed by atoms with Crippen LogP contribution in [0.15, 0.2) is 42.5 Å². The Morgan fingerprint density at radius 3 is 2.48 bits per heavy atom. The summed E-state index contributed by atoms with van der Waals surface area (Å²) in [6.07, 6.45) is -1.14. The molecule has 0 saturated heterocycles. The van der Waals surface area contributed by atoms with E-state index in [0.717, 1.165) is 6.07 Å². The maximum absolute atomic E-state index is 12.1. The van der Waals surface area contributed by atoms with Gasteiger partial charge in [0.05, 0.1) is 21.2 Å². The lowest BCUT2D eigenvalue weighted by Crippen LogP contribution is -2.30. The number of rotatable bonds is 5. The summed E-state index contributed by atoms with van der Waals surface area (Å²) in [4.78, 5) is 34.3.